The van der Waals surface area contributed by atoms with Crippen LogP contribution in [-0.2, 0) is 21.0 Å². The van der Waals surface area contributed by atoms with Crippen molar-refractivity contribution >= 4 is 23.5 Å². The number of carbonyl (C=O) groups excluding carboxylic acids is 3. The number of hydrogen-bond donors (Lipinski definition) is 0. The molecule has 3 saturated heterocycles. The first kappa shape index (κ1) is 19.6. The zero-order valence-electron chi connectivity index (χ0n) is 16.3. The number of anilines is 1. The minimum atomic E-state index is -0.762. The van der Waals surface area contributed by atoms with Crippen molar-refractivity contribution in [3.8, 4) is 0 Å². The van der Waals surface area contributed by atoms with Crippen LogP contribution in [0.1, 0.15) is 24.8 Å². The lowest BCUT2D eigenvalue weighted by Crippen LogP contribution is -2.49. The Hall–Kier alpha value is -2.68. The van der Waals surface area contributed by atoms with Crippen LogP contribution in [0, 0.1) is 5.82 Å². The van der Waals surface area contributed by atoms with E-state index >= 15 is 0 Å². The molecule has 0 bridgehead atoms. The Balaban J connectivity index is 1.29. The van der Waals surface area contributed by atoms with E-state index in [-0.39, 0.29) is 18.8 Å². The molecule has 3 aliphatic rings. The van der Waals surface area contributed by atoms with E-state index in [1.807, 2.05) is 12.1 Å². The molecule has 156 valence electrons. The second kappa shape index (κ2) is 8.36. The van der Waals surface area contributed by atoms with Gasteiger partial charge in [-0.25, -0.2) is 9.18 Å². The molecule has 29 heavy (non-hydrogen) atoms. The van der Waals surface area contributed by atoms with Crippen LogP contribution in [0.3, 0.4) is 0 Å². The summed E-state index contributed by atoms with van der Waals surface area (Å²) in [5, 5.41) is 0.843. The van der Waals surface area contributed by atoms with Gasteiger partial charge >= 0.3 is 12.0 Å². The highest BCUT2D eigenvalue weighted by atomic mass is 19.1. The number of ketones is 1. The normalized spacial score (nSPS) is 20.7. The Morgan fingerprint density at radius 2 is 1.72 bits per heavy atom. The van der Waals surface area contributed by atoms with Crippen LogP contribution in [0.4, 0.5) is 14.9 Å². The molecule has 1 aromatic carbocycles. The Bertz CT molecular complexity index is 804. The summed E-state index contributed by atoms with van der Waals surface area (Å²) in [6, 6.07) is 5.27. The van der Waals surface area contributed by atoms with Crippen molar-refractivity contribution in [2.24, 2.45) is 0 Å². The molecule has 0 atom stereocenters. The van der Waals surface area contributed by atoms with Crippen LogP contribution in [0.25, 0.3) is 0 Å². The Morgan fingerprint density at radius 3 is 2.38 bits per heavy atom. The first-order valence-corrected chi connectivity index (χ1v) is 10.1. The lowest BCUT2D eigenvalue weighted by Gasteiger charge is -2.34. The number of carbonyl (C=O) groups is 3. The molecule has 2 amide bonds. The fourth-order valence-corrected chi connectivity index (χ4v) is 3.99. The SMILES string of the molecule is O=C1CCN(OC(=O)N2CCN(Cc3ccc(F)c(N4CCCC4)c3)CC2)C1=O. The van der Waals surface area contributed by atoms with Crippen LogP contribution in [0.2, 0.25) is 0 Å². The number of halogens is 1. The summed E-state index contributed by atoms with van der Waals surface area (Å²) in [7, 11) is 0. The van der Waals surface area contributed by atoms with Gasteiger partial charge in [-0.2, -0.15) is 5.06 Å². The van der Waals surface area contributed by atoms with Gasteiger partial charge < -0.3 is 14.6 Å². The minimum absolute atomic E-state index is 0.0803. The van der Waals surface area contributed by atoms with E-state index in [2.05, 4.69) is 9.80 Å². The van der Waals surface area contributed by atoms with E-state index in [9.17, 15) is 18.8 Å². The maximum Gasteiger partial charge on any atom is 0.434 e. The predicted molar refractivity (Wildman–Crippen MR) is 103 cm³/mol. The van der Waals surface area contributed by atoms with Gasteiger partial charge in [0.1, 0.15) is 5.82 Å². The molecule has 0 aliphatic carbocycles. The third-order valence-electron chi connectivity index (χ3n) is 5.69. The molecule has 8 nitrogen and oxygen atoms in total. The number of hydrogen-bond acceptors (Lipinski definition) is 6. The highest BCUT2D eigenvalue weighted by Crippen LogP contribution is 2.25. The fraction of sp³-hybridized carbons (Fsp3) is 0.550. The lowest BCUT2D eigenvalue weighted by molar-refractivity contribution is -0.164. The summed E-state index contributed by atoms with van der Waals surface area (Å²) in [6.45, 7) is 4.83. The molecule has 0 saturated carbocycles. The standard InChI is InChI=1S/C20H25FN4O4/c21-16-4-3-15(13-17(16)23-6-1-2-7-23)14-22-9-11-24(12-10-22)20(28)29-25-8-5-18(26)19(25)27/h3-4,13H,1-2,5-12,14H2. The van der Waals surface area contributed by atoms with Crippen molar-refractivity contribution in [3.63, 3.8) is 0 Å². The number of hydroxylamine groups is 2. The highest BCUT2D eigenvalue weighted by Gasteiger charge is 2.34. The number of benzene rings is 1. The van der Waals surface area contributed by atoms with Gasteiger partial charge in [0.25, 0.3) is 0 Å². The molecule has 0 spiro atoms. The van der Waals surface area contributed by atoms with Gasteiger partial charge in [-0.05, 0) is 30.5 Å². The van der Waals surface area contributed by atoms with E-state index in [4.69, 9.17) is 4.84 Å². The molecule has 1 aromatic rings. The summed E-state index contributed by atoms with van der Waals surface area (Å²) in [6.07, 6.45) is 1.67. The van der Waals surface area contributed by atoms with Crippen LogP contribution in [0.5, 0.6) is 0 Å². The lowest BCUT2D eigenvalue weighted by atomic mass is 10.1. The van der Waals surface area contributed by atoms with Crippen molar-refractivity contribution in [1.82, 2.24) is 14.9 Å². The summed E-state index contributed by atoms with van der Waals surface area (Å²) in [5.74, 6) is -1.48. The van der Waals surface area contributed by atoms with Crippen LogP contribution in [-0.4, -0.2) is 78.5 Å². The predicted octanol–water partition coefficient (Wildman–Crippen LogP) is 1.40. The second-order valence-electron chi connectivity index (χ2n) is 7.68. The molecule has 0 N–H and O–H groups in total. The molecule has 3 aliphatic heterocycles. The van der Waals surface area contributed by atoms with Gasteiger partial charge in [-0.3, -0.25) is 14.5 Å². The van der Waals surface area contributed by atoms with Crippen LogP contribution < -0.4 is 4.90 Å². The van der Waals surface area contributed by atoms with Crippen LogP contribution >= 0.6 is 0 Å². The van der Waals surface area contributed by atoms with Gasteiger partial charge in [-0.15, -0.1) is 0 Å². The Kier molecular flexibility index (Phi) is 5.66. The molecule has 0 aromatic heterocycles. The van der Waals surface area contributed by atoms with Gasteiger partial charge in [0, 0.05) is 52.2 Å². The van der Waals surface area contributed by atoms with E-state index in [1.54, 1.807) is 0 Å². The number of piperazine rings is 1. The van der Waals surface area contributed by atoms with E-state index in [0.29, 0.717) is 38.4 Å². The molecule has 9 heteroatoms. The molecule has 3 fully saturated rings. The minimum Gasteiger partial charge on any atom is -0.369 e. The summed E-state index contributed by atoms with van der Waals surface area (Å²) in [4.78, 5) is 45.9. The Labute approximate surface area is 168 Å². The topological polar surface area (TPSA) is 73.4 Å². The molecule has 4 rings (SSSR count). The smallest absolute Gasteiger partial charge is 0.369 e. The highest BCUT2D eigenvalue weighted by molar-refractivity contribution is 6.37. The maximum atomic E-state index is 14.2. The van der Waals surface area contributed by atoms with Gasteiger partial charge in [0.05, 0.1) is 12.2 Å². The zero-order chi connectivity index (χ0) is 20.4. The average Bonchev–Trinajstić information content (AvgIpc) is 3.36. The third-order valence-corrected chi connectivity index (χ3v) is 5.69. The molecular weight excluding hydrogens is 379 g/mol. The largest absolute Gasteiger partial charge is 0.434 e. The summed E-state index contributed by atoms with van der Waals surface area (Å²) >= 11 is 0. The fourth-order valence-electron chi connectivity index (χ4n) is 3.99. The number of Topliss-reactive ketones (excluding diaryl/α,β-unsaturated/α-hetero) is 1. The van der Waals surface area contributed by atoms with Crippen molar-refractivity contribution in [1.29, 1.82) is 0 Å². The molecule has 3 heterocycles. The van der Waals surface area contributed by atoms with Crippen molar-refractivity contribution < 1.29 is 23.6 Å². The molecular formula is C20H25FN4O4. The summed E-state index contributed by atoms with van der Waals surface area (Å²) in [5.41, 5.74) is 1.72. The van der Waals surface area contributed by atoms with E-state index < -0.39 is 17.8 Å². The van der Waals surface area contributed by atoms with E-state index in [0.717, 1.165) is 36.6 Å². The first-order valence-electron chi connectivity index (χ1n) is 10.1. The zero-order valence-corrected chi connectivity index (χ0v) is 16.3. The second-order valence-corrected chi connectivity index (χ2v) is 7.68. The quantitative estimate of drug-likeness (QED) is 0.707. The average molecular weight is 404 g/mol. The third kappa shape index (κ3) is 4.34. The number of rotatable bonds is 4. The van der Waals surface area contributed by atoms with Crippen LogP contribution in [0.15, 0.2) is 18.2 Å². The molecule has 0 radical (unpaired) electrons. The first-order chi connectivity index (χ1) is 14.0. The number of nitrogens with zero attached hydrogens (tertiary/aromatic N) is 4. The monoisotopic (exact) mass is 404 g/mol. The van der Waals surface area contributed by atoms with Gasteiger partial charge in [0.15, 0.2) is 0 Å². The summed E-state index contributed by atoms with van der Waals surface area (Å²) < 4.78 is 14.2. The van der Waals surface area contributed by atoms with E-state index in [1.165, 1.54) is 11.0 Å². The maximum absolute atomic E-state index is 14.2. The van der Waals surface area contributed by atoms with Gasteiger partial charge in [-0.1, -0.05) is 6.07 Å². The van der Waals surface area contributed by atoms with Crippen molar-refractivity contribution in [3.05, 3.63) is 29.6 Å². The number of amides is 2. The van der Waals surface area contributed by atoms with Crippen molar-refractivity contribution in [2.75, 3.05) is 50.7 Å². The Morgan fingerprint density at radius 1 is 1.00 bits per heavy atom. The van der Waals surface area contributed by atoms with Gasteiger partial charge in [0.2, 0.25) is 5.78 Å². The van der Waals surface area contributed by atoms with Crippen molar-refractivity contribution in [2.45, 2.75) is 25.8 Å². The molecule has 0 unspecified atom stereocenters.